The largest absolute Gasteiger partial charge is 0.330 e. The molecule has 0 saturated carbocycles. The molecule has 1 N–H and O–H groups in total. The van der Waals surface area contributed by atoms with Crippen molar-refractivity contribution in [2.24, 2.45) is 0 Å². The molecule has 2 aromatic heterocycles. The molecule has 0 aliphatic heterocycles. The van der Waals surface area contributed by atoms with E-state index < -0.39 is 5.76 Å². The summed E-state index contributed by atoms with van der Waals surface area (Å²) >= 11 is 4.67. The van der Waals surface area contributed by atoms with Crippen LogP contribution in [0.15, 0.2) is 43.7 Å². The predicted molar refractivity (Wildman–Crippen MR) is 106 cm³/mol. The van der Waals surface area contributed by atoms with Crippen LogP contribution in [0, 0.1) is 6.92 Å². The average Bonchev–Trinajstić information content (AvgIpc) is 3.17. The van der Waals surface area contributed by atoms with E-state index in [4.69, 9.17) is 0 Å². The molecule has 0 amide bonds. The molecule has 0 saturated heterocycles. The zero-order valence-corrected chi connectivity index (χ0v) is 16.8. The monoisotopic (exact) mass is 432 g/mol. The van der Waals surface area contributed by atoms with Crippen LogP contribution < -0.4 is 10.2 Å². The highest BCUT2D eigenvalue weighted by Gasteiger charge is 2.08. The summed E-state index contributed by atoms with van der Waals surface area (Å²) in [6, 6.07) is 6.73. The number of halogens is 2. The minimum Gasteiger partial charge on any atom is -0.330 e. The summed E-state index contributed by atoms with van der Waals surface area (Å²) in [6.07, 6.45) is 0. The normalized spacial score (nSPS) is 11.2. The minimum atomic E-state index is -2.43. The summed E-state index contributed by atoms with van der Waals surface area (Å²) in [5, 5.41) is 13.8. The van der Waals surface area contributed by atoms with Crippen LogP contribution in [0.25, 0.3) is 0 Å². The highest BCUT2D eigenvalue weighted by molar-refractivity contribution is 8.01. The SMILES string of the molecule is Cc1csc(=O)n1CCSc1nnc(Nc2ccc(SC(F)F)cc2)s1. The van der Waals surface area contributed by atoms with Crippen molar-refractivity contribution in [1.82, 2.24) is 14.8 Å². The number of anilines is 2. The van der Waals surface area contributed by atoms with Crippen molar-refractivity contribution in [2.75, 3.05) is 11.1 Å². The summed E-state index contributed by atoms with van der Waals surface area (Å²) in [5.41, 5.74) is 1.73. The zero-order chi connectivity index (χ0) is 18.5. The maximum absolute atomic E-state index is 12.3. The molecular weight excluding hydrogens is 418 g/mol. The Kier molecular flexibility index (Phi) is 6.68. The first kappa shape index (κ1) is 19.3. The third-order valence-electron chi connectivity index (χ3n) is 3.25. The summed E-state index contributed by atoms with van der Waals surface area (Å²) in [7, 11) is 0. The van der Waals surface area contributed by atoms with Gasteiger partial charge in [-0.1, -0.05) is 46.2 Å². The smallest absolute Gasteiger partial charge is 0.307 e. The number of hydrogen-bond acceptors (Lipinski definition) is 8. The van der Waals surface area contributed by atoms with E-state index in [2.05, 4.69) is 15.5 Å². The van der Waals surface area contributed by atoms with Crippen molar-refractivity contribution < 1.29 is 8.78 Å². The van der Waals surface area contributed by atoms with Crippen LogP contribution in [-0.2, 0) is 6.54 Å². The number of benzene rings is 1. The molecule has 0 atom stereocenters. The second-order valence-corrected chi connectivity index (χ2v) is 9.25. The lowest BCUT2D eigenvalue weighted by molar-refractivity contribution is 0.252. The van der Waals surface area contributed by atoms with Gasteiger partial charge >= 0.3 is 4.87 Å². The Morgan fingerprint density at radius 2 is 2.04 bits per heavy atom. The highest BCUT2D eigenvalue weighted by atomic mass is 32.2. The summed E-state index contributed by atoms with van der Waals surface area (Å²) in [6.45, 7) is 2.55. The first-order valence-electron chi connectivity index (χ1n) is 7.44. The van der Waals surface area contributed by atoms with Crippen LogP contribution in [0.5, 0.6) is 0 Å². The lowest BCUT2D eigenvalue weighted by Gasteiger charge is -2.04. The molecule has 1 aromatic carbocycles. The molecule has 138 valence electrons. The van der Waals surface area contributed by atoms with E-state index in [-0.39, 0.29) is 4.87 Å². The highest BCUT2D eigenvalue weighted by Crippen LogP contribution is 2.30. The number of aryl methyl sites for hydroxylation is 1. The number of nitrogens with zero attached hydrogens (tertiary/aromatic N) is 3. The molecular formula is C15H14F2N4OS4. The standard InChI is InChI=1S/C15H14F2N4OS4/c1-9-8-24-15(22)21(9)6-7-23-14-20-19-13(26-14)18-10-2-4-11(5-3-10)25-12(16)17/h2-5,8,12H,6-7H2,1H3,(H,18,19). The molecule has 5 nitrogen and oxygen atoms in total. The van der Waals surface area contributed by atoms with Crippen molar-refractivity contribution in [3.63, 3.8) is 0 Å². The van der Waals surface area contributed by atoms with Crippen molar-refractivity contribution in [3.05, 3.63) is 45.0 Å². The Morgan fingerprint density at radius 1 is 1.27 bits per heavy atom. The second-order valence-electron chi connectivity index (χ2n) is 5.04. The number of thiazole rings is 1. The Hall–Kier alpha value is -1.43. The summed E-state index contributed by atoms with van der Waals surface area (Å²) in [4.78, 5) is 12.2. The van der Waals surface area contributed by atoms with E-state index in [0.29, 0.717) is 28.3 Å². The van der Waals surface area contributed by atoms with Gasteiger partial charge in [-0.2, -0.15) is 8.78 Å². The molecule has 11 heteroatoms. The fourth-order valence-electron chi connectivity index (χ4n) is 2.06. The van der Waals surface area contributed by atoms with E-state index in [1.807, 2.05) is 12.3 Å². The van der Waals surface area contributed by atoms with Crippen LogP contribution in [0.2, 0.25) is 0 Å². The third kappa shape index (κ3) is 5.29. The average molecular weight is 433 g/mol. The lowest BCUT2D eigenvalue weighted by atomic mass is 10.3. The predicted octanol–water partition coefficient (Wildman–Crippen LogP) is 4.92. The maximum atomic E-state index is 12.3. The van der Waals surface area contributed by atoms with E-state index in [0.717, 1.165) is 21.5 Å². The van der Waals surface area contributed by atoms with Gasteiger partial charge in [0.15, 0.2) is 4.34 Å². The Morgan fingerprint density at radius 3 is 2.69 bits per heavy atom. The Bertz CT molecular complexity index is 907. The molecule has 26 heavy (non-hydrogen) atoms. The Labute approximate surface area is 164 Å². The van der Waals surface area contributed by atoms with Crippen molar-refractivity contribution in [2.45, 2.75) is 28.5 Å². The van der Waals surface area contributed by atoms with Crippen LogP contribution in [0.4, 0.5) is 19.6 Å². The zero-order valence-electron chi connectivity index (χ0n) is 13.5. The quantitative estimate of drug-likeness (QED) is 0.510. The van der Waals surface area contributed by atoms with E-state index in [9.17, 15) is 13.6 Å². The molecule has 0 aliphatic rings. The van der Waals surface area contributed by atoms with Gasteiger partial charge in [-0.25, -0.2) is 0 Å². The molecule has 0 radical (unpaired) electrons. The number of rotatable bonds is 8. The van der Waals surface area contributed by atoms with E-state index in [1.165, 1.54) is 34.4 Å². The number of alkyl halides is 2. The summed E-state index contributed by atoms with van der Waals surface area (Å²) < 4.78 is 27.2. The molecule has 0 unspecified atom stereocenters. The van der Waals surface area contributed by atoms with Gasteiger partial charge in [0, 0.05) is 34.0 Å². The summed E-state index contributed by atoms with van der Waals surface area (Å²) in [5.74, 6) is -1.70. The van der Waals surface area contributed by atoms with E-state index in [1.54, 1.807) is 28.8 Å². The van der Waals surface area contributed by atoms with Gasteiger partial charge in [-0.05, 0) is 31.2 Å². The topological polar surface area (TPSA) is 59.8 Å². The minimum absolute atomic E-state index is 0.0520. The first-order valence-corrected chi connectivity index (χ1v) is 11.0. The molecule has 0 spiro atoms. The van der Waals surface area contributed by atoms with Crippen LogP contribution in [0.3, 0.4) is 0 Å². The van der Waals surface area contributed by atoms with Crippen molar-refractivity contribution in [1.29, 1.82) is 0 Å². The van der Waals surface area contributed by atoms with Gasteiger partial charge in [0.1, 0.15) is 0 Å². The van der Waals surface area contributed by atoms with E-state index >= 15 is 0 Å². The Balaban J connectivity index is 1.52. The van der Waals surface area contributed by atoms with Crippen LogP contribution in [-0.4, -0.2) is 26.3 Å². The third-order valence-corrected chi connectivity index (χ3v) is 6.81. The van der Waals surface area contributed by atoms with Gasteiger partial charge in [0.05, 0.1) is 0 Å². The van der Waals surface area contributed by atoms with Gasteiger partial charge in [0.2, 0.25) is 5.13 Å². The van der Waals surface area contributed by atoms with Crippen LogP contribution in [0.1, 0.15) is 5.69 Å². The van der Waals surface area contributed by atoms with Crippen molar-refractivity contribution >= 4 is 57.0 Å². The van der Waals surface area contributed by atoms with Gasteiger partial charge in [-0.15, -0.1) is 10.2 Å². The number of aromatic nitrogens is 3. The maximum Gasteiger partial charge on any atom is 0.307 e. The number of hydrogen-bond donors (Lipinski definition) is 1. The lowest BCUT2D eigenvalue weighted by Crippen LogP contribution is -2.15. The van der Waals surface area contributed by atoms with Crippen molar-refractivity contribution in [3.8, 4) is 0 Å². The molecule has 0 fully saturated rings. The molecule has 2 heterocycles. The molecule has 3 aromatic rings. The number of thioether (sulfide) groups is 2. The number of nitrogens with one attached hydrogen (secondary N) is 1. The first-order chi connectivity index (χ1) is 12.5. The van der Waals surface area contributed by atoms with Crippen LogP contribution >= 0.6 is 46.2 Å². The second kappa shape index (κ2) is 8.98. The fraction of sp³-hybridized carbons (Fsp3) is 0.267. The molecule has 0 aliphatic carbocycles. The fourth-order valence-corrected chi connectivity index (χ4v) is 5.09. The molecule has 3 rings (SSSR count). The van der Waals surface area contributed by atoms with Gasteiger partial charge < -0.3 is 9.88 Å². The van der Waals surface area contributed by atoms with Gasteiger partial charge in [0.25, 0.3) is 5.76 Å². The van der Waals surface area contributed by atoms with Gasteiger partial charge in [-0.3, -0.25) is 4.79 Å². The molecule has 0 bridgehead atoms.